The first-order valence-electron chi connectivity index (χ1n) is 8.22. The van der Waals surface area contributed by atoms with E-state index >= 15 is 0 Å². The van der Waals surface area contributed by atoms with Gasteiger partial charge in [-0.3, -0.25) is 0 Å². The molecule has 0 bridgehead atoms. The van der Waals surface area contributed by atoms with E-state index < -0.39 is 0 Å². The van der Waals surface area contributed by atoms with Gasteiger partial charge in [-0.15, -0.1) is 0 Å². The topological polar surface area (TPSA) is 33.3 Å². The second-order valence-corrected chi connectivity index (χ2v) is 6.73. The Bertz CT molecular complexity index is 731. The van der Waals surface area contributed by atoms with Crippen molar-refractivity contribution in [2.75, 3.05) is 25.5 Å². The lowest BCUT2D eigenvalue weighted by Crippen LogP contribution is -2.21. The van der Waals surface area contributed by atoms with Crippen molar-refractivity contribution < 1.29 is 4.74 Å². The third-order valence-electron chi connectivity index (χ3n) is 5.02. The van der Waals surface area contributed by atoms with Gasteiger partial charge in [0.25, 0.3) is 0 Å². The van der Waals surface area contributed by atoms with Crippen molar-refractivity contribution in [1.29, 1.82) is 0 Å². The minimum Gasteiger partial charge on any atom is -0.496 e. The van der Waals surface area contributed by atoms with E-state index in [1.807, 2.05) is 18.2 Å². The van der Waals surface area contributed by atoms with Crippen LogP contribution in [0.4, 0.5) is 5.69 Å². The van der Waals surface area contributed by atoms with E-state index in [9.17, 15) is 0 Å². The van der Waals surface area contributed by atoms with Crippen molar-refractivity contribution >= 4 is 17.3 Å². The SMILES string of the molecule is COc1ccc(Cl)cc1-c1cccc2c1C1CCNCCC1N2. The predicted octanol–water partition coefficient (Wildman–Crippen LogP) is 4.28. The maximum absolute atomic E-state index is 6.26. The van der Waals surface area contributed by atoms with Gasteiger partial charge in [0.15, 0.2) is 0 Å². The van der Waals surface area contributed by atoms with E-state index in [0.717, 1.165) is 42.3 Å². The Morgan fingerprint density at radius 2 is 1.96 bits per heavy atom. The summed E-state index contributed by atoms with van der Waals surface area (Å²) in [6.45, 7) is 2.15. The van der Waals surface area contributed by atoms with Gasteiger partial charge < -0.3 is 15.4 Å². The molecule has 3 nitrogen and oxygen atoms in total. The molecule has 4 rings (SSSR count). The molecule has 2 aliphatic rings. The van der Waals surface area contributed by atoms with Crippen molar-refractivity contribution in [2.24, 2.45) is 0 Å². The van der Waals surface area contributed by atoms with Crippen LogP contribution >= 0.6 is 11.6 Å². The number of benzene rings is 2. The average molecular weight is 329 g/mol. The Morgan fingerprint density at radius 1 is 1.09 bits per heavy atom. The lowest BCUT2D eigenvalue weighted by atomic mass is 9.85. The molecule has 0 aromatic heterocycles. The minimum absolute atomic E-state index is 0.520. The monoisotopic (exact) mass is 328 g/mol. The van der Waals surface area contributed by atoms with Crippen LogP contribution in [0.3, 0.4) is 0 Å². The van der Waals surface area contributed by atoms with E-state index in [2.05, 4.69) is 28.8 Å². The van der Waals surface area contributed by atoms with Gasteiger partial charge >= 0.3 is 0 Å². The quantitative estimate of drug-likeness (QED) is 0.863. The maximum atomic E-state index is 6.26. The van der Waals surface area contributed by atoms with Crippen molar-refractivity contribution in [3.63, 3.8) is 0 Å². The first-order chi connectivity index (χ1) is 11.3. The summed E-state index contributed by atoms with van der Waals surface area (Å²) in [6, 6.07) is 12.9. The first-order valence-corrected chi connectivity index (χ1v) is 8.60. The molecule has 1 saturated heterocycles. The van der Waals surface area contributed by atoms with E-state index in [-0.39, 0.29) is 0 Å². The smallest absolute Gasteiger partial charge is 0.126 e. The highest BCUT2D eigenvalue weighted by atomic mass is 35.5. The maximum Gasteiger partial charge on any atom is 0.126 e. The fraction of sp³-hybridized carbons (Fsp3) is 0.368. The Morgan fingerprint density at radius 3 is 2.83 bits per heavy atom. The lowest BCUT2D eigenvalue weighted by Gasteiger charge is -2.19. The lowest BCUT2D eigenvalue weighted by molar-refractivity contribution is 0.416. The summed E-state index contributed by atoms with van der Waals surface area (Å²) in [6.07, 6.45) is 2.32. The highest BCUT2D eigenvalue weighted by Gasteiger charge is 2.35. The first kappa shape index (κ1) is 14.9. The summed E-state index contributed by atoms with van der Waals surface area (Å²) in [5, 5.41) is 7.98. The van der Waals surface area contributed by atoms with Crippen LogP contribution in [0.1, 0.15) is 24.3 Å². The molecule has 2 aliphatic heterocycles. The summed E-state index contributed by atoms with van der Waals surface area (Å²) >= 11 is 6.26. The number of fused-ring (bicyclic) bond motifs is 3. The largest absolute Gasteiger partial charge is 0.496 e. The summed E-state index contributed by atoms with van der Waals surface area (Å²) in [5.41, 5.74) is 5.00. The molecular formula is C19H21ClN2O. The highest BCUT2D eigenvalue weighted by molar-refractivity contribution is 6.31. The van der Waals surface area contributed by atoms with Crippen LogP contribution in [0.5, 0.6) is 5.75 Å². The van der Waals surface area contributed by atoms with Gasteiger partial charge in [-0.05, 0) is 61.3 Å². The zero-order valence-corrected chi connectivity index (χ0v) is 14.0. The van der Waals surface area contributed by atoms with Crippen LogP contribution in [0, 0.1) is 0 Å². The summed E-state index contributed by atoms with van der Waals surface area (Å²) in [5.74, 6) is 1.41. The van der Waals surface area contributed by atoms with E-state index in [0.29, 0.717) is 12.0 Å². The molecule has 0 spiro atoms. The van der Waals surface area contributed by atoms with E-state index in [4.69, 9.17) is 16.3 Å². The number of nitrogens with one attached hydrogen (secondary N) is 2. The third kappa shape index (κ3) is 2.58. The normalized spacial score (nSPS) is 22.7. The van der Waals surface area contributed by atoms with Crippen molar-refractivity contribution in [3.05, 3.63) is 47.0 Å². The molecule has 0 saturated carbocycles. The number of rotatable bonds is 2. The van der Waals surface area contributed by atoms with E-state index in [1.54, 1.807) is 7.11 Å². The van der Waals surface area contributed by atoms with Gasteiger partial charge in [-0.1, -0.05) is 23.7 Å². The molecule has 0 radical (unpaired) electrons. The number of methoxy groups -OCH3 is 1. The molecule has 2 aromatic rings. The van der Waals surface area contributed by atoms with Gasteiger partial charge in [-0.25, -0.2) is 0 Å². The van der Waals surface area contributed by atoms with E-state index in [1.165, 1.54) is 16.8 Å². The summed E-state index contributed by atoms with van der Waals surface area (Å²) < 4.78 is 5.58. The molecule has 2 N–H and O–H groups in total. The Kier molecular flexibility index (Phi) is 3.92. The van der Waals surface area contributed by atoms with Crippen LogP contribution in [0.2, 0.25) is 5.02 Å². The molecule has 2 aromatic carbocycles. The van der Waals surface area contributed by atoms with Crippen LogP contribution < -0.4 is 15.4 Å². The minimum atomic E-state index is 0.520. The Balaban J connectivity index is 1.87. The third-order valence-corrected chi connectivity index (χ3v) is 5.25. The molecule has 0 amide bonds. The zero-order chi connectivity index (χ0) is 15.8. The molecule has 2 heterocycles. The number of hydrogen-bond acceptors (Lipinski definition) is 3. The molecule has 4 heteroatoms. The highest BCUT2D eigenvalue weighted by Crippen LogP contribution is 2.47. The number of halogens is 1. The van der Waals surface area contributed by atoms with Gasteiger partial charge in [0.05, 0.1) is 7.11 Å². The average Bonchev–Trinajstić information content (AvgIpc) is 2.76. The Labute approximate surface area is 142 Å². The molecule has 2 atom stereocenters. The van der Waals surface area contributed by atoms with Crippen molar-refractivity contribution in [2.45, 2.75) is 24.8 Å². The number of hydrogen-bond donors (Lipinski definition) is 2. The summed E-state index contributed by atoms with van der Waals surface area (Å²) in [7, 11) is 1.71. The summed E-state index contributed by atoms with van der Waals surface area (Å²) in [4.78, 5) is 0. The van der Waals surface area contributed by atoms with Crippen molar-refractivity contribution in [3.8, 4) is 16.9 Å². The van der Waals surface area contributed by atoms with Gasteiger partial charge in [0.2, 0.25) is 0 Å². The van der Waals surface area contributed by atoms with Gasteiger partial charge in [0, 0.05) is 28.2 Å². The number of anilines is 1. The molecule has 120 valence electrons. The molecule has 2 unspecified atom stereocenters. The number of ether oxygens (including phenoxy) is 1. The molecule has 0 aliphatic carbocycles. The molecular weight excluding hydrogens is 308 g/mol. The zero-order valence-electron chi connectivity index (χ0n) is 13.2. The molecule has 1 fully saturated rings. The second kappa shape index (κ2) is 6.06. The fourth-order valence-electron chi connectivity index (χ4n) is 3.98. The Hall–Kier alpha value is -1.71. The second-order valence-electron chi connectivity index (χ2n) is 6.30. The van der Waals surface area contributed by atoms with Crippen LogP contribution in [-0.2, 0) is 0 Å². The van der Waals surface area contributed by atoms with Gasteiger partial charge in [0.1, 0.15) is 5.75 Å². The van der Waals surface area contributed by atoms with Crippen LogP contribution in [0.25, 0.3) is 11.1 Å². The van der Waals surface area contributed by atoms with Crippen LogP contribution in [-0.4, -0.2) is 26.2 Å². The standard InChI is InChI=1S/C19H21ClN2O/c1-23-18-6-5-12(20)11-15(18)13-3-2-4-17-19(13)14-7-9-21-10-8-16(14)22-17/h2-6,11,14,16,21-22H,7-10H2,1H3. The van der Waals surface area contributed by atoms with Crippen LogP contribution in [0.15, 0.2) is 36.4 Å². The predicted molar refractivity (Wildman–Crippen MR) is 95.7 cm³/mol. The van der Waals surface area contributed by atoms with Crippen molar-refractivity contribution in [1.82, 2.24) is 5.32 Å². The van der Waals surface area contributed by atoms with Gasteiger partial charge in [-0.2, -0.15) is 0 Å². The fourth-order valence-corrected chi connectivity index (χ4v) is 4.15. The molecule has 23 heavy (non-hydrogen) atoms.